The monoisotopic (exact) mass is 434 g/mol. The van der Waals surface area contributed by atoms with Gasteiger partial charge in [-0.1, -0.05) is 35.3 Å². The number of ether oxygens (including phenoxy) is 2. The van der Waals surface area contributed by atoms with Crippen molar-refractivity contribution in [2.75, 3.05) is 12.4 Å². The number of halogens is 2. The molecule has 0 aliphatic heterocycles. The Bertz CT molecular complexity index is 1010. The van der Waals surface area contributed by atoms with Gasteiger partial charge in [0.15, 0.2) is 17.6 Å². The van der Waals surface area contributed by atoms with Gasteiger partial charge in [-0.25, -0.2) is 4.79 Å². The summed E-state index contributed by atoms with van der Waals surface area (Å²) >= 11 is 11.8. The SMILES string of the molecule is COc1cccc(/C=C(/C#N)C(=O)Nc2ccc(Cl)c(Cl)c2)c1O[C@@H](C)C(=O)O. The van der Waals surface area contributed by atoms with Gasteiger partial charge in [0.1, 0.15) is 11.6 Å². The molecule has 1 amide bonds. The summed E-state index contributed by atoms with van der Waals surface area (Å²) in [7, 11) is 1.39. The van der Waals surface area contributed by atoms with Crippen LogP contribution in [0.4, 0.5) is 5.69 Å². The quantitative estimate of drug-likeness (QED) is 0.493. The van der Waals surface area contributed by atoms with Crippen LogP contribution >= 0.6 is 23.2 Å². The van der Waals surface area contributed by atoms with E-state index in [-0.39, 0.29) is 22.1 Å². The minimum Gasteiger partial charge on any atom is -0.493 e. The maximum absolute atomic E-state index is 12.5. The van der Waals surface area contributed by atoms with E-state index in [0.717, 1.165) is 0 Å². The number of nitrogens with one attached hydrogen (secondary N) is 1. The Labute approximate surface area is 177 Å². The van der Waals surface area contributed by atoms with Crippen LogP contribution in [0, 0.1) is 11.3 Å². The molecule has 1 atom stereocenters. The number of carbonyl (C=O) groups excluding carboxylic acids is 1. The normalized spacial score (nSPS) is 11.9. The lowest BCUT2D eigenvalue weighted by Crippen LogP contribution is -2.23. The van der Waals surface area contributed by atoms with E-state index in [1.807, 2.05) is 6.07 Å². The molecule has 0 radical (unpaired) electrons. The number of nitrogens with zero attached hydrogens (tertiary/aromatic N) is 1. The van der Waals surface area contributed by atoms with E-state index in [0.29, 0.717) is 16.3 Å². The van der Waals surface area contributed by atoms with Gasteiger partial charge in [-0.05, 0) is 37.3 Å². The largest absolute Gasteiger partial charge is 0.493 e. The minimum atomic E-state index is -1.18. The number of rotatable bonds is 7. The van der Waals surface area contributed by atoms with Gasteiger partial charge in [0.2, 0.25) is 0 Å². The second kappa shape index (κ2) is 9.82. The van der Waals surface area contributed by atoms with Gasteiger partial charge in [0.25, 0.3) is 5.91 Å². The number of methoxy groups -OCH3 is 1. The number of carboxylic acids is 1. The zero-order chi connectivity index (χ0) is 21.6. The summed E-state index contributed by atoms with van der Waals surface area (Å²) in [6.07, 6.45) is 0.105. The molecule has 29 heavy (non-hydrogen) atoms. The summed E-state index contributed by atoms with van der Waals surface area (Å²) in [5.74, 6) is -1.51. The fraction of sp³-hybridized carbons (Fsp3) is 0.150. The number of anilines is 1. The first-order valence-electron chi connectivity index (χ1n) is 8.21. The van der Waals surface area contributed by atoms with Gasteiger partial charge in [-0.3, -0.25) is 4.79 Å². The van der Waals surface area contributed by atoms with Gasteiger partial charge in [-0.2, -0.15) is 5.26 Å². The minimum absolute atomic E-state index is 0.0972. The molecule has 2 aromatic rings. The highest BCUT2D eigenvalue weighted by Gasteiger charge is 2.19. The summed E-state index contributed by atoms with van der Waals surface area (Å²) in [5, 5.41) is 21.7. The molecule has 0 aliphatic carbocycles. The van der Waals surface area contributed by atoms with Gasteiger partial charge in [-0.15, -0.1) is 0 Å². The van der Waals surface area contributed by atoms with E-state index in [2.05, 4.69) is 5.32 Å². The third kappa shape index (κ3) is 5.64. The number of hydrogen-bond donors (Lipinski definition) is 2. The van der Waals surface area contributed by atoms with Crippen molar-refractivity contribution in [1.29, 1.82) is 5.26 Å². The average molecular weight is 435 g/mol. The smallest absolute Gasteiger partial charge is 0.344 e. The lowest BCUT2D eigenvalue weighted by Gasteiger charge is -2.16. The summed E-state index contributed by atoms with van der Waals surface area (Å²) in [4.78, 5) is 23.6. The third-order valence-corrected chi connectivity index (χ3v) is 4.45. The summed E-state index contributed by atoms with van der Waals surface area (Å²) < 4.78 is 10.7. The van der Waals surface area contributed by atoms with Crippen molar-refractivity contribution >= 4 is 46.8 Å². The zero-order valence-electron chi connectivity index (χ0n) is 15.4. The van der Waals surface area contributed by atoms with Gasteiger partial charge < -0.3 is 19.9 Å². The maximum Gasteiger partial charge on any atom is 0.344 e. The molecule has 0 aliphatic rings. The lowest BCUT2D eigenvalue weighted by atomic mass is 10.1. The molecule has 0 saturated heterocycles. The number of para-hydroxylation sites is 1. The van der Waals surface area contributed by atoms with Gasteiger partial charge in [0, 0.05) is 11.3 Å². The molecule has 0 spiro atoms. The standard InChI is InChI=1S/C20H16Cl2N2O5/c1-11(20(26)27)29-18-12(4-3-5-17(18)28-2)8-13(10-23)19(25)24-14-6-7-15(21)16(22)9-14/h3-9,11H,1-2H3,(H,24,25)(H,26,27)/b13-8-/t11-/m0/s1. The molecule has 2 aromatic carbocycles. The van der Waals surface area contributed by atoms with E-state index in [9.17, 15) is 14.9 Å². The lowest BCUT2D eigenvalue weighted by molar-refractivity contribution is -0.144. The van der Waals surface area contributed by atoms with Crippen LogP contribution < -0.4 is 14.8 Å². The first-order valence-corrected chi connectivity index (χ1v) is 8.97. The number of carbonyl (C=O) groups is 2. The summed E-state index contributed by atoms with van der Waals surface area (Å²) in [5.41, 5.74) is 0.419. The Morgan fingerprint density at radius 3 is 2.55 bits per heavy atom. The predicted molar refractivity (Wildman–Crippen MR) is 109 cm³/mol. The number of hydrogen-bond acceptors (Lipinski definition) is 5. The van der Waals surface area contributed by atoms with Crippen LogP contribution in [-0.2, 0) is 9.59 Å². The summed E-state index contributed by atoms with van der Waals surface area (Å²) in [6.45, 7) is 1.35. The van der Waals surface area contributed by atoms with E-state index < -0.39 is 18.0 Å². The second-order valence-corrected chi connectivity index (χ2v) is 6.54. The third-order valence-electron chi connectivity index (χ3n) is 3.71. The Kier molecular flexibility index (Phi) is 7.48. The van der Waals surface area contributed by atoms with E-state index in [4.69, 9.17) is 37.8 Å². The molecule has 0 fully saturated rings. The van der Waals surface area contributed by atoms with Gasteiger partial charge >= 0.3 is 5.97 Å². The molecular formula is C20H16Cl2N2O5. The van der Waals surface area contributed by atoms with Crippen LogP contribution in [-0.4, -0.2) is 30.2 Å². The van der Waals surface area contributed by atoms with Crippen LogP contribution in [0.3, 0.4) is 0 Å². The Balaban J connectivity index is 2.38. The molecule has 2 rings (SSSR count). The fourth-order valence-corrected chi connectivity index (χ4v) is 2.54. The molecule has 0 bridgehead atoms. The number of amides is 1. The second-order valence-electron chi connectivity index (χ2n) is 5.73. The van der Waals surface area contributed by atoms with Crippen LogP contribution in [0.5, 0.6) is 11.5 Å². The Morgan fingerprint density at radius 2 is 1.97 bits per heavy atom. The predicted octanol–water partition coefficient (Wildman–Crippen LogP) is 4.40. The molecular weight excluding hydrogens is 419 g/mol. The van der Waals surface area contributed by atoms with Gasteiger partial charge in [0.05, 0.1) is 17.2 Å². The van der Waals surface area contributed by atoms with Crippen LogP contribution in [0.25, 0.3) is 6.08 Å². The highest BCUT2D eigenvalue weighted by atomic mass is 35.5. The van der Waals surface area contributed by atoms with E-state index in [1.165, 1.54) is 38.3 Å². The van der Waals surface area contributed by atoms with Crippen molar-refractivity contribution in [2.45, 2.75) is 13.0 Å². The topological polar surface area (TPSA) is 109 Å². The summed E-state index contributed by atoms with van der Waals surface area (Å²) in [6, 6.07) is 11.1. The number of aliphatic carboxylic acids is 1. The molecule has 9 heteroatoms. The number of nitriles is 1. The number of carboxylic acid groups (broad SMARTS) is 1. The van der Waals surface area contributed by atoms with Crippen molar-refractivity contribution in [3.05, 3.63) is 57.6 Å². The average Bonchev–Trinajstić information content (AvgIpc) is 2.69. The van der Waals surface area contributed by atoms with Crippen molar-refractivity contribution in [2.24, 2.45) is 0 Å². The number of benzene rings is 2. The molecule has 0 heterocycles. The van der Waals surface area contributed by atoms with Crippen molar-refractivity contribution < 1.29 is 24.2 Å². The van der Waals surface area contributed by atoms with E-state index >= 15 is 0 Å². The molecule has 2 N–H and O–H groups in total. The van der Waals surface area contributed by atoms with Crippen LogP contribution in [0.2, 0.25) is 10.0 Å². The maximum atomic E-state index is 12.5. The Hall–Kier alpha value is -3.21. The van der Waals surface area contributed by atoms with Crippen LogP contribution in [0.1, 0.15) is 12.5 Å². The van der Waals surface area contributed by atoms with Crippen molar-refractivity contribution in [1.82, 2.24) is 0 Å². The van der Waals surface area contributed by atoms with Crippen molar-refractivity contribution in [3.63, 3.8) is 0 Å². The molecule has 0 aromatic heterocycles. The highest BCUT2D eigenvalue weighted by Crippen LogP contribution is 2.33. The fourth-order valence-electron chi connectivity index (χ4n) is 2.24. The molecule has 150 valence electrons. The van der Waals surface area contributed by atoms with Crippen LogP contribution in [0.15, 0.2) is 42.0 Å². The Morgan fingerprint density at radius 1 is 1.24 bits per heavy atom. The van der Waals surface area contributed by atoms with Crippen molar-refractivity contribution in [3.8, 4) is 17.6 Å². The molecule has 0 saturated carbocycles. The van der Waals surface area contributed by atoms with E-state index in [1.54, 1.807) is 18.2 Å². The zero-order valence-corrected chi connectivity index (χ0v) is 16.9. The first-order chi connectivity index (χ1) is 13.8. The molecule has 0 unspecified atom stereocenters. The first kappa shape index (κ1) is 22.1. The molecule has 7 nitrogen and oxygen atoms in total. The highest BCUT2D eigenvalue weighted by molar-refractivity contribution is 6.42.